The Morgan fingerprint density at radius 3 is 2.60 bits per heavy atom. The summed E-state index contributed by atoms with van der Waals surface area (Å²) in [5.41, 5.74) is 15.5. The molecule has 0 amide bonds. The molecule has 3 aromatic heterocycles. The van der Waals surface area contributed by atoms with Crippen molar-refractivity contribution in [2.45, 2.75) is 39.0 Å². The summed E-state index contributed by atoms with van der Waals surface area (Å²) in [6.45, 7) is 3.91. The van der Waals surface area contributed by atoms with Gasteiger partial charge >= 0.3 is 0 Å². The monoisotopic (exact) mass is 477 g/mol. The predicted octanol–water partition coefficient (Wildman–Crippen LogP) is 2.22. The lowest BCUT2D eigenvalue weighted by Gasteiger charge is -2.15. The van der Waals surface area contributed by atoms with E-state index in [4.69, 9.17) is 21.3 Å². The van der Waals surface area contributed by atoms with Crippen LogP contribution in [0.1, 0.15) is 30.9 Å². The maximum absolute atomic E-state index is 8.85. The zero-order valence-corrected chi connectivity index (χ0v) is 19.7. The quantitative estimate of drug-likeness (QED) is 0.151. The molecule has 0 aliphatic rings. The Hall–Kier alpha value is -3.80. The van der Waals surface area contributed by atoms with Gasteiger partial charge in [0.25, 0.3) is 0 Å². The van der Waals surface area contributed by atoms with Gasteiger partial charge in [-0.15, -0.1) is 0 Å². The highest BCUT2D eigenvalue weighted by Gasteiger charge is 2.15. The van der Waals surface area contributed by atoms with Crippen molar-refractivity contribution in [3.05, 3.63) is 59.9 Å². The van der Waals surface area contributed by atoms with Crippen LogP contribution in [0.3, 0.4) is 0 Å². The molecule has 0 saturated heterocycles. The van der Waals surface area contributed by atoms with Crippen LogP contribution in [-0.2, 0) is 13.1 Å². The van der Waals surface area contributed by atoms with Crippen LogP contribution in [0.15, 0.2) is 48.8 Å². The Morgan fingerprint density at radius 1 is 1.09 bits per heavy atom. The molecule has 184 valence electrons. The van der Waals surface area contributed by atoms with E-state index in [1.54, 1.807) is 17.1 Å². The first-order chi connectivity index (χ1) is 17.1. The zero-order valence-electron chi connectivity index (χ0n) is 19.7. The Kier molecular flexibility index (Phi) is 8.03. The molecular formula is C24H31N9O2. The number of ether oxygens (including phenoxy) is 1. The number of fused-ring (bicyclic) bond motifs is 1. The first kappa shape index (κ1) is 24.3. The van der Waals surface area contributed by atoms with Gasteiger partial charge in [-0.05, 0) is 29.7 Å². The summed E-state index contributed by atoms with van der Waals surface area (Å²) in [7, 11) is 0. The summed E-state index contributed by atoms with van der Waals surface area (Å²) in [4.78, 5) is 13.1. The van der Waals surface area contributed by atoms with Gasteiger partial charge in [-0.1, -0.05) is 31.5 Å². The number of nitrogens with zero attached hydrogens (tertiary/aromatic N) is 5. The lowest BCUT2D eigenvalue weighted by Crippen LogP contribution is -2.30. The number of nitrogens with one attached hydrogen (secondary N) is 2. The molecule has 35 heavy (non-hydrogen) atoms. The van der Waals surface area contributed by atoms with Gasteiger partial charge in [0.2, 0.25) is 11.8 Å². The van der Waals surface area contributed by atoms with Crippen molar-refractivity contribution in [2.24, 2.45) is 5.73 Å². The van der Waals surface area contributed by atoms with Crippen molar-refractivity contribution >= 4 is 22.8 Å². The first-order valence-corrected chi connectivity index (χ1v) is 11.6. The highest BCUT2D eigenvalue weighted by Crippen LogP contribution is 2.24. The Balaban J connectivity index is 1.44. The molecular weight excluding hydrogens is 446 g/mol. The van der Waals surface area contributed by atoms with E-state index >= 15 is 0 Å². The maximum atomic E-state index is 8.85. The standard InChI is InChI=1S/C24H31N9O2/c1-2-3-20(25)31-23-22-19(30-24(26)32-23)14-29-33(22)15-17-6-9-21(28-13-17)35-18-7-4-16(5-8-18)12-27-10-11-34/h4-9,13-14,20,27,34H,2-3,10-12,15,25H2,1H3,(H3,26,30,31,32). The van der Waals surface area contributed by atoms with Crippen LogP contribution >= 0.6 is 0 Å². The molecule has 11 nitrogen and oxygen atoms in total. The van der Waals surface area contributed by atoms with Crippen LogP contribution in [0.4, 0.5) is 11.8 Å². The van der Waals surface area contributed by atoms with E-state index in [-0.39, 0.29) is 18.7 Å². The lowest BCUT2D eigenvalue weighted by molar-refractivity contribution is 0.292. The fourth-order valence-corrected chi connectivity index (χ4v) is 3.64. The number of benzene rings is 1. The van der Waals surface area contributed by atoms with Crippen molar-refractivity contribution in [2.75, 3.05) is 24.2 Å². The van der Waals surface area contributed by atoms with Crippen LogP contribution in [0.2, 0.25) is 0 Å². The number of hydrogen-bond donors (Lipinski definition) is 5. The number of anilines is 2. The molecule has 1 unspecified atom stereocenters. The second kappa shape index (κ2) is 11.6. The van der Waals surface area contributed by atoms with Gasteiger partial charge in [-0.2, -0.15) is 10.1 Å². The molecule has 3 heterocycles. The fraction of sp³-hybridized carbons (Fsp3) is 0.333. The molecule has 1 atom stereocenters. The smallest absolute Gasteiger partial charge is 0.222 e. The van der Waals surface area contributed by atoms with Gasteiger partial charge in [0.1, 0.15) is 16.8 Å². The molecule has 0 saturated carbocycles. The average molecular weight is 478 g/mol. The van der Waals surface area contributed by atoms with E-state index < -0.39 is 0 Å². The number of aromatic nitrogens is 5. The largest absolute Gasteiger partial charge is 0.439 e. The number of aliphatic hydroxyl groups excluding tert-OH is 1. The van der Waals surface area contributed by atoms with E-state index in [0.29, 0.717) is 42.6 Å². The third kappa shape index (κ3) is 6.41. The van der Waals surface area contributed by atoms with Gasteiger partial charge in [0.15, 0.2) is 5.82 Å². The van der Waals surface area contributed by atoms with Crippen LogP contribution in [-0.4, -0.2) is 49.2 Å². The van der Waals surface area contributed by atoms with Crippen LogP contribution in [0, 0.1) is 0 Å². The SMILES string of the molecule is CCCC(N)Nc1nc(N)nc2cnn(Cc3ccc(Oc4ccc(CNCCO)cc4)nc3)c12. The third-order valence-corrected chi connectivity index (χ3v) is 5.32. The highest BCUT2D eigenvalue weighted by atomic mass is 16.5. The molecule has 0 aliphatic carbocycles. The Morgan fingerprint density at radius 2 is 1.89 bits per heavy atom. The summed E-state index contributed by atoms with van der Waals surface area (Å²) in [6.07, 6.45) is 4.92. The van der Waals surface area contributed by atoms with E-state index in [0.717, 1.165) is 29.5 Å². The van der Waals surface area contributed by atoms with E-state index in [1.807, 2.05) is 36.4 Å². The summed E-state index contributed by atoms with van der Waals surface area (Å²) < 4.78 is 7.67. The van der Waals surface area contributed by atoms with Crippen LogP contribution in [0.25, 0.3) is 11.0 Å². The van der Waals surface area contributed by atoms with E-state index in [9.17, 15) is 0 Å². The molecule has 0 radical (unpaired) electrons. The van der Waals surface area contributed by atoms with E-state index in [1.165, 1.54) is 0 Å². The molecule has 7 N–H and O–H groups in total. The van der Waals surface area contributed by atoms with Gasteiger partial charge in [0.05, 0.1) is 25.5 Å². The Bertz CT molecular complexity index is 1230. The minimum atomic E-state index is -0.246. The molecule has 4 aromatic rings. The summed E-state index contributed by atoms with van der Waals surface area (Å²) in [6, 6.07) is 11.5. The molecule has 4 rings (SSSR count). The van der Waals surface area contributed by atoms with Gasteiger partial charge < -0.3 is 31.9 Å². The minimum Gasteiger partial charge on any atom is -0.439 e. The molecule has 11 heteroatoms. The second-order valence-corrected chi connectivity index (χ2v) is 8.16. The molecule has 1 aromatic carbocycles. The fourth-order valence-electron chi connectivity index (χ4n) is 3.64. The molecule has 0 spiro atoms. The topological polar surface area (TPSA) is 162 Å². The van der Waals surface area contributed by atoms with Gasteiger partial charge in [-0.25, -0.2) is 9.97 Å². The van der Waals surface area contributed by atoms with Crippen molar-refractivity contribution < 1.29 is 9.84 Å². The number of nitrogens with two attached hydrogens (primary N) is 2. The predicted molar refractivity (Wildman–Crippen MR) is 135 cm³/mol. The zero-order chi connectivity index (χ0) is 24.6. The van der Waals surface area contributed by atoms with Gasteiger partial charge in [-0.3, -0.25) is 4.68 Å². The minimum absolute atomic E-state index is 0.118. The number of aliphatic hydroxyl groups is 1. The number of hydrogen-bond acceptors (Lipinski definition) is 10. The third-order valence-electron chi connectivity index (χ3n) is 5.32. The lowest BCUT2D eigenvalue weighted by atomic mass is 10.2. The maximum Gasteiger partial charge on any atom is 0.222 e. The van der Waals surface area contributed by atoms with Crippen LogP contribution < -0.4 is 26.8 Å². The second-order valence-electron chi connectivity index (χ2n) is 8.16. The molecule has 0 fully saturated rings. The number of pyridine rings is 1. The average Bonchev–Trinajstić information content (AvgIpc) is 3.24. The number of nitrogen functional groups attached to an aromatic ring is 1. The number of rotatable bonds is 12. The van der Waals surface area contributed by atoms with Gasteiger partial charge in [0, 0.05) is 25.4 Å². The summed E-state index contributed by atoms with van der Waals surface area (Å²) >= 11 is 0. The first-order valence-electron chi connectivity index (χ1n) is 11.6. The van der Waals surface area contributed by atoms with Crippen molar-refractivity contribution in [1.82, 2.24) is 30.0 Å². The normalized spacial score (nSPS) is 12.1. The van der Waals surface area contributed by atoms with Crippen molar-refractivity contribution in [3.8, 4) is 11.6 Å². The highest BCUT2D eigenvalue weighted by molar-refractivity contribution is 5.86. The Labute approximate surface area is 203 Å². The summed E-state index contributed by atoms with van der Waals surface area (Å²) in [5.74, 6) is 1.92. The van der Waals surface area contributed by atoms with E-state index in [2.05, 4.69) is 37.6 Å². The molecule has 0 bridgehead atoms. The molecule has 0 aliphatic heterocycles. The van der Waals surface area contributed by atoms with Crippen LogP contribution in [0.5, 0.6) is 11.6 Å². The van der Waals surface area contributed by atoms with Crippen molar-refractivity contribution in [1.29, 1.82) is 0 Å². The summed E-state index contributed by atoms with van der Waals surface area (Å²) in [5, 5.41) is 19.7. The van der Waals surface area contributed by atoms with Crippen molar-refractivity contribution in [3.63, 3.8) is 0 Å².